The summed E-state index contributed by atoms with van der Waals surface area (Å²) < 4.78 is 0. The summed E-state index contributed by atoms with van der Waals surface area (Å²) in [5, 5.41) is 18.3. The third-order valence-corrected chi connectivity index (χ3v) is 4.82. The van der Waals surface area contributed by atoms with E-state index in [1.54, 1.807) is 32.4 Å². The standard InChI is InChI=1S/C22H24N8O3/c1-22(2,33)11-27-20(31)15-5-6-23-9-17(15)30-21(32)18-19(28-14-7-24-12-25-8-14)26-10-16(29-18)13-3-4-13/h5-10,12-13,33H,3-4,11H2,1-2H3,(H,26,28)(H,27,31)(H,30,32). The molecular weight excluding hydrogens is 424 g/mol. The number of hydrogen-bond donors (Lipinski definition) is 4. The van der Waals surface area contributed by atoms with Crippen LogP contribution in [0, 0.1) is 0 Å². The zero-order valence-corrected chi connectivity index (χ0v) is 18.2. The lowest BCUT2D eigenvalue weighted by Crippen LogP contribution is -2.38. The Hall–Kier alpha value is -3.99. The van der Waals surface area contributed by atoms with Gasteiger partial charge in [-0.15, -0.1) is 0 Å². The minimum Gasteiger partial charge on any atom is -0.389 e. The Balaban J connectivity index is 1.59. The molecule has 4 rings (SSSR count). The van der Waals surface area contributed by atoms with Crippen molar-refractivity contribution < 1.29 is 14.7 Å². The summed E-state index contributed by atoms with van der Waals surface area (Å²) in [6.07, 6.45) is 11.0. The molecule has 3 aromatic rings. The number of aromatic nitrogens is 5. The molecule has 170 valence electrons. The molecular formula is C22H24N8O3. The largest absolute Gasteiger partial charge is 0.389 e. The molecule has 0 aromatic carbocycles. The lowest BCUT2D eigenvalue weighted by molar-refractivity contribution is 0.0694. The van der Waals surface area contributed by atoms with E-state index in [1.807, 2.05) is 0 Å². The predicted octanol–water partition coefficient (Wildman–Crippen LogP) is 2.04. The van der Waals surface area contributed by atoms with Crippen molar-refractivity contribution in [3.05, 3.63) is 60.3 Å². The van der Waals surface area contributed by atoms with Gasteiger partial charge in [0.15, 0.2) is 11.5 Å². The van der Waals surface area contributed by atoms with E-state index in [4.69, 9.17) is 0 Å². The highest BCUT2D eigenvalue weighted by atomic mass is 16.3. The Morgan fingerprint density at radius 1 is 1.09 bits per heavy atom. The van der Waals surface area contributed by atoms with Gasteiger partial charge in [0.25, 0.3) is 11.8 Å². The number of nitrogens with one attached hydrogen (secondary N) is 3. The molecule has 0 unspecified atom stereocenters. The lowest BCUT2D eigenvalue weighted by atomic mass is 10.1. The van der Waals surface area contributed by atoms with Gasteiger partial charge in [0, 0.05) is 18.7 Å². The highest BCUT2D eigenvalue weighted by Crippen LogP contribution is 2.39. The molecule has 0 spiro atoms. The summed E-state index contributed by atoms with van der Waals surface area (Å²) in [6, 6.07) is 1.49. The number of hydrogen-bond acceptors (Lipinski definition) is 9. The molecule has 33 heavy (non-hydrogen) atoms. The van der Waals surface area contributed by atoms with Gasteiger partial charge >= 0.3 is 0 Å². The van der Waals surface area contributed by atoms with Crippen LogP contribution in [0.1, 0.15) is 59.1 Å². The normalized spacial score (nSPS) is 13.3. The molecule has 11 nitrogen and oxygen atoms in total. The predicted molar refractivity (Wildman–Crippen MR) is 120 cm³/mol. The Bertz CT molecular complexity index is 1160. The van der Waals surface area contributed by atoms with Crippen LogP contribution in [0.3, 0.4) is 0 Å². The van der Waals surface area contributed by atoms with E-state index in [0.29, 0.717) is 11.6 Å². The second-order valence-electron chi connectivity index (χ2n) is 8.39. The minimum absolute atomic E-state index is 0.0453. The van der Waals surface area contributed by atoms with Gasteiger partial charge in [0.05, 0.1) is 53.0 Å². The maximum atomic E-state index is 13.2. The number of aliphatic hydroxyl groups is 1. The van der Waals surface area contributed by atoms with Gasteiger partial charge in [0.2, 0.25) is 0 Å². The monoisotopic (exact) mass is 448 g/mol. The van der Waals surface area contributed by atoms with Crippen molar-refractivity contribution >= 4 is 29.0 Å². The highest BCUT2D eigenvalue weighted by molar-refractivity contribution is 6.10. The van der Waals surface area contributed by atoms with Crippen molar-refractivity contribution in [1.82, 2.24) is 30.2 Å². The van der Waals surface area contributed by atoms with Gasteiger partial charge in [-0.1, -0.05) is 0 Å². The number of amides is 2. The zero-order chi connectivity index (χ0) is 23.4. The van der Waals surface area contributed by atoms with Crippen molar-refractivity contribution in [1.29, 1.82) is 0 Å². The topological polar surface area (TPSA) is 155 Å². The number of carbonyl (C=O) groups excluding carboxylic acids is 2. The molecule has 1 aliphatic rings. The number of pyridine rings is 1. The van der Waals surface area contributed by atoms with E-state index >= 15 is 0 Å². The molecule has 0 aliphatic heterocycles. The SMILES string of the molecule is CC(C)(O)CNC(=O)c1ccncc1NC(=O)c1nc(C2CC2)cnc1Nc1cncnc1. The smallest absolute Gasteiger partial charge is 0.278 e. The second-order valence-corrected chi connectivity index (χ2v) is 8.39. The van der Waals surface area contributed by atoms with E-state index < -0.39 is 17.4 Å². The van der Waals surface area contributed by atoms with Crippen molar-refractivity contribution in [2.24, 2.45) is 0 Å². The number of anilines is 3. The number of nitrogens with zero attached hydrogens (tertiary/aromatic N) is 5. The van der Waals surface area contributed by atoms with Gasteiger partial charge in [-0.2, -0.15) is 0 Å². The summed E-state index contributed by atoms with van der Waals surface area (Å²) in [5.74, 6) is -0.468. The summed E-state index contributed by atoms with van der Waals surface area (Å²) >= 11 is 0. The van der Waals surface area contributed by atoms with Gasteiger partial charge in [0.1, 0.15) is 6.33 Å². The fourth-order valence-electron chi connectivity index (χ4n) is 2.99. The first-order chi connectivity index (χ1) is 15.8. The summed E-state index contributed by atoms with van der Waals surface area (Å²) in [6.45, 7) is 3.21. The molecule has 0 bridgehead atoms. The van der Waals surface area contributed by atoms with Gasteiger partial charge < -0.3 is 21.1 Å². The Labute approximate surface area is 190 Å². The molecule has 3 heterocycles. The van der Waals surface area contributed by atoms with Crippen molar-refractivity contribution in [2.45, 2.75) is 38.2 Å². The quantitative estimate of drug-likeness (QED) is 0.405. The molecule has 11 heteroatoms. The second kappa shape index (κ2) is 9.25. The lowest BCUT2D eigenvalue weighted by Gasteiger charge is -2.18. The first-order valence-electron chi connectivity index (χ1n) is 10.4. The van der Waals surface area contributed by atoms with Crippen molar-refractivity contribution in [3.63, 3.8) is 0 Å². The summed E-state index contributed by atoms with van der Waals surface area (Å²) in [5.41, 5.74) is 0.711. The van der Waals surface area contributed by atoms with Crippen LogP contribution in [-0.2, 0) is 0 Å². The van der Waals surface area contributed by atoms with E-state index in [9.17, 15) is 14.7 Å². The zero-order valence-electron chi connectivity index (χ0n) is 18.2. The summed E-state index contributed by atoms with van der Waals surface area (Å²) in [7, 11) is 0. The molecule has 1 aliphatic carbocycles. The fraction of sp³-hybridized carbons (Fsp3) is 0.318. The minimum atomic E-state index is -1.08. The molecule has 0 saturated heterocycles. The average Bonchev–Trinajstić information content (AvgIpc) is 3.64. The first-order valence-corrected chi connectivity index (χ1v) is 10.4. The molecule has 4 N–H and O–H groups in total. The number of carbonyl (C=O) groups is 2. The van der Waals surface area contributed by atoms with Crippen LogP contribution in [0.25, 0.3) is 0 Å². The molecule has 3 aromatic heterocycles. The highest BCUT2D eigenvalue weighted by Gasteiger charge is 2.28. The van der Waals surface area contributed by atoms with Crippen molar-refractivity contribution in [3.8, 4) is 0 Å². The Kier molecular flexibility index (Phi) is 6.22. The molecule has 0 atom stereocenters. The maximum Gasteiger partial charge on any atom is 0.278 e. The van der Waals surface area contributed by atoms with E-state index in [0.717, 1.165) is 18.5 Å². The molecule has 1 saturated carbocycles. The fourth-order valence-corrected chi connectivity index (χ4v) is 2.99. The summed E-state index contributed by atoms with van der Waals surface area (Å²) in [4.78, 5) is 46.7. The Morgan fingerprint density at radius 2 is 1.85 bits per heavy atom. The maximum absolute atomic E-state index is 13.2. The molecule has 0 radical (unpaired) electrons. The van der Waals surface area contributed by atoms with Crippen LogP contribution in [0.4, 0.5) is 17.2 Å². The van der Waals surface area contributed by atoms with Crippen molar-refractivity contribution in [2.75, 3.05) is 17.2 Å². The van der Waals surface area contributed by atoms with Gasteiger partial charge in [-0.05, 0) is 32.8 Å². The van der Waals surface area contributed by atoms with Crippen LogP contribution in [-0.4, -0.2) is 54.0 Å². The van der Waals surface area contributed by atoms with E-state index in [1.165, 1.54) is 24.8 Å². The van der Waals surface area contributed by atoms with E-state index in [2.05, 4.69) is 40.9 Å². The molecule has 2 amide bonds. The van der Waals surface area contributed by atoms with Crippen LogP contribution >= 0.6 is 0 Å². The van der Waals surface area contributed by atoms with Crippen LogP contribution in [0.5, 0.6) is 0 Å². The third kappa shape index (κ3) is 5.83. The average molecular weight is 448 g/mol. The van der Waals surface area contributed by atoms with Crippen LogP contribution in [0.15, 0.2) is 43.4 Å². The van der Waals surface area contributed by atoms with Gasteiger partial charge in [-0.3, -0.25) is 14.6 Å². The van der Waals surface area contributed by atoms with E-state index in [-0.39, 0.29) is 29.3 Å². The Morgan fingerprint density at radius 3 is 2.55 bits per heavy atom. The molecule has 1 fully saturated rings. The first kappa shape index (κ1) is 22.2. The van der Waals surface area contributed by atoms with Gasteiger partial charge in [-0.25, -0.2) is 19.9 Å². The number of rotatable bonds is 8. The van der Waals surface area contributed by atoms with Crippen LogP contribution in [0.2, 0.25) is 0 Å². The third-order valence-electron chi connectivity index (χ3n) is 4.82. The van der Waals surface area contributed by atoms with Crippen LogP contribution < -0.4 is 16.0 Å².